The van der Waals surface area contributed by atoms with Crippen LogP contribution >= 0.6 is 0 Å². The Kier molecular flexibility index (Phi) is 5.92. The first-order valence-electron chi connectivity index (χ1n) is 7.72. The van der Waals surface area contributed by atoms with Gasteiger partial charge in [0.05, 0.1) is 37.2 Å². The van der Waals surface area contributed by atoms with Crippen molar-refractivity contribution in [1.82, 2.24) is 10.2 Å². The van der Waals surface area contributed by atoms with Crippen molar-refractivity contribution < 1.29 is 37.3 Å². The Bertz CT molecular complexity index is 468. The summed E-state index contributed by atoms with van der Waals surface area (Å²) in [7, 11) is 0. The number of nitrogens with zero attached hydrogens (tertiary/aromatic N) is 1. The van der Waals surface area contributed by atoms with Crippen LogP contribution in [0.4, 0.5) is 18.0 Å². The van der Waals surface area contributed by atoms with E-state index in [-0.39, 0.29) is 12.7 Å². The van der Waals surface area contributed by atoms with Crippen molar-refractivity contribution in [2.75, 3.05) is 32.9 Å². The first-order valence-corrected chi connectivity index (χ1v) is 7.72. The summed E-state index contributed by atoms with van der Waals surface area (Å²) in [5.41, 5.74) is 0. The number of urea groups is 1. The van der Waals surface area contributed by atoms with Crippen LogP contribution in [0.3, 0.4) is 0 Å². The number of rotatable bonds is 5. The van der Waals surface area contributed by atoms with Crippen molar-refractivity contribution in [2.45, 2.75) is 31.7 Å². The molecule has 138 valence electrons. The van der Waals surface area contributed by atoms with Crippen LogP contribution in [0.1, 0.15) is 13.3 Å². The molecule has 2 aliphatic heterocycles. The van der Waals surface area contributed by atoms with Crippen LogP contribution in [-0.4, -0.2) is 73.2 Å². The second-order valence-corrected chi connectivity index (χ2v) is 6.17. The minimum atomic E-state index is -4.66. The third kappa shape index (κ3) is 4.73. The van der Waals surface area contributed by atoms with Gasteiger partial charge in [-0.25, -0.2) is 4.79 Å². The van der Waals surface area contributed by atoms with Gasteiger partial charge in [-0.2, -0.15) is 13.2 Å². The molecule has 0 aromatic heterocycles. The molecule has 2 unspecified atom stereocenters. The molecule has 2 amide bonds. The summed E-state index contributed by atoms with van der Waals surface area (Å²) in [5, 5.41) is 11.5. The molecule has 2 N–H and O–H groups in total. The Labute approximate surface area is 137 Å². The van der Waals surface area contributed by atoms with E-state index in [1.165, 1.54) is 0 Å². The molecule has 10 heteroatoms. The molecule has 2 rings (SSSR count). The Morgan fingerprint density at radius 1 is 1.42 bits per heavy atom. The third-order valence-corrected chi connectivity index (χ3v) is 4.18. The fourth-order valence-electron chi connectivity index (χ4n) is 2.82. The number of likely N-dealkylation sites (tertiary alicyclic amines) is 1. The van der Waals surface area contributed by atoms with Gasteiger partial charge in [0.25, 0.3) is 0 Å². The van der Waals surface area contributed by atoms with E-state index in [0.717, 1.165) is 11.3 Å². The van der Waals surface area contributed by atoms with E-state index < -0.39 is 49.1 Å². The molecule has 0 bridgehead atoms. The number of hydrogen-bond acceptors (Lipinski definition) is 4. The van der Waals surface area contributed by atoms with Crippen LogP contribution in [0.25, 0.3) is 0 Å². The van der Waals surface area contributed by atoms with E-state index in [2.05, 4.69) is 5.32 Å². The number of carbonyl (C=O) groups excluding carboxylic acids is 1. The highest BCUT2D eigenvalue weighted by Crippen LogP contribution is 2.37. The van der Waals surface area contributed by atoms with Crippen molar-refractivity contribution in [2.24, 2.45) is 11.8 Å². The van der Waals surface area contributed by atoms with E-state index in [4.69, 9.17) is 14.6 Å². The number of carbonyl (C=O) groups is 2. The minimum absolute atomic E-state index is 0.0397. The SMILES string of the molecule is CC(COC1CCOC1)NC(=O)N1C[C@@H](C(F)(F)F)[C@H](C(=O)O)C1. The maximum Gasteiger partial charge on any atom is 0.394 e. The van der Waals surface area contributed by atoms with E-state index >= 15 is 0 Å². The maximum atomic E-state index is 12.9. The monoisotopic (exact) mass is 354 g/mol. The van der Waals surface area contributed by atoms with Crippen LogP contribution in [0.15, 0.2) is 0 Å². The van der Waals surface area contributed by atoms with Gasteiger partial charge in [-0.1, -0.05) is 0 Å². The molecule has 0 aromatic carbocycles. The fraction of sp³-hybridized carbons (Fsp3) is 0.857. The molecule has 7 nitrogen and oxygen atoms in total. The van der Waals surface area contributed by atoms with Crippen molar-refractivity contribution in [3.63, 3.8) is 0 Å². The minimum Gasteiger partial charge on any atom is -0.481 e. The zero-order valence-corrected chi connectivity index (χ0v) is 13.2. The van der Waals surface area contributed by atoms with E-state index in [1.807, 2.05) is 0 Å². The molecular weight excluding hydrogens is 333 g/mol. The number of aliphatic carboxylic acids is 1. The molecular formula is C14H21F3N2O5. The van der Waals surface area contributed by atoms with Crippen LogP contribution in [0.5, 0.6) is 0 Å². The number of ether oxygens (including phenoxy) is 2. The van der Waals surface area contributed by atoms with Gasteiger partial charge in [0.2, 0.25) is 0 Å². The van der Waals surface area contributed by atoms with Gasteiger partial charge in [-0.15, -0.1) is 0 Å². The number of carboxylic acids is 1. The zero-order chi connectivity index (χ0) is 17.9. The second kappa shape index (κ2) is 7.56. The smallest absolute Gasteiger partial charge is 0.394 e. The van der Waals surface area contributed by atoms with Gasteiger partial charge in [-0.05, 0) is 13.3 Å². The molecule has 0 aromatic rings. The molecule has 4 atom stereocenters. The highest BCUT2D eigenvalue weighted by Gasteiger charge is 2.53. The van der Waals surface area contributed by atoms with E-state index in [9.17, 15) is 22.8 Å². The second-order valence-electron chi connectivity index (χ2n) is 6.17. The van der Waals surface area contributed by atoms with E-state index in [0.29, 0.717) is 13.2 Å². The van der Waals surface area contributed by atoms with Crippen molar-refractivity contribution in [1.29, 1.82) is 0 Å². The molecule has 0 saturated carbocycles. The molecule has 2 fully saturated rings. The summed E-state index contributed by atoms with van der Waals surface area (Å²) in [6, 6.07) is -1.13. The molecule has 0 radical (unpaired) electrons. The lowest BCUT2D eigenvalue weighted by Crippen LogP contribution is -2.45. The maximum absolute atomic E-state index is 12.9. The van der Waals surface area contributed by atoms with Gasteiger partial charge in [0, 0.05) is 19.7 Å². The predicted molar refractivity (Wildman–Crippen MR) is 75.4 cm³/mol. The van der Waals surface area contributed by atoms with Gasteiger partial charge >= 0.3 is 18.2 Å². The largest absolute Gasteiger partial charge is 0.481 e. The lowest BCUT2D eigenvalue weighted by molar-refractivity contribution is -0.187. The lowest BCUT2D eigenvalue weighted by Gasteiger charge is -2.22. The Morgan fingerprint density at radius 3 is 2.62 bits per heavy atom. The molecule has 0 aliphatic carbocycles. The molecule has 2 heterocycles. The highest BCUT2D eigenvalue weighted by molar-refractivity contribution is 5.78. The summed E-state index contributed by atoms with van der Waals surface area (Å²) in [4.78, 5) is 24.0. The summed E-state index contributed by atoms with van der Waals surface area (Å²) < 4.78 is 49.4. The summed E-state index contributed by atoms with van der Waals surface area (Å²) in [6.45, 7) is 1.86. The van der Waals surface area contributed by atoms with Crippen molar-refractivity contribution in [3.05, 3.63) is 0 Å². The summed E-state index contributed by atoms with van der Waals surface area (Å²) in [6.07, 6.45) is -3.93. The number of nitrogens with one attached hydrogen (secondary N) is 1. The first-order chi connectivity index (χ1) is 11.2. The Morgan fingerprint density at radius 2 is 2.12 bits per heavy atom. The fourth-order valence-corrected chi connectivity index (χ4v) is 2.82. The normalized spacial score (nSPS) is 28.8. The van der Waals surface area contributed by atoms with Gasteiger partial charge in [0.15, 0.2) is 0 Å². The van der Waals surface area contributed by atoms with Crippen molar-refractivity contribution in [3.8, 4) is 0 Å². The standard InChI is InChI=1S/C14H21F3N2O5/c1-8(6-24-9-2-3-23-7-9)18-13(22)19-4-10(12(20)21)11(5-19)14(15,16)17/h8-11H,2-7H2,1H3,(H,18,22)(H,20,21)/t8?,9?,10-,11-/m1/s1. The molecule has 2 saturated heterocycles. The van der Waals surface area contributed by atoms with Gasteiger partial charge < -0.3 is 24.8 Å². The van der Waals surface area contributed by atoms with Gasteiger partial charge in [0.1, 0.15) is 0 Å². The summed E-state index contributed by atoms with van der Waals surface area (Å²) in [5.74, 6) is -5.24. The molecule has 24 heavy (non-hydrogen) atoms. The average molecular weight is 354 g/mol. The topological polar surface area (TPSA) is 88.1 Å². The predicted octanol–water partition coefficient (Wildman–Crippen LogP) is 1.08. The van der Waals surface area contributed by atoms with Gasteiger partial charge in [-0.3, -0.25) is 4.79 Å². The number of amides is 2. The molecule has 2 aliphatic rings. The quantitative estimate of drug-likeness (QED) is 0.772. The lowest BCUT2D eigenvalue weighted by atomic mass is 9.96. The Hall–Kier alpha value is -1.55. The number of carboxylic acid groups (broad SMARTS) is 1. The number of halogens is 3. The Balaban J connectivity index is 1.84. The average Bonchev–Trinajstić information content (AvgIpc) is 3.13. The van der Waals surface area contributed by atoms with Crippen LogP contribution in [0.2, 0.25) is 0 Å². The first kappa shape index (κ1) is 18.8. The summed E-state index contributed by atoms with van der Waals surface area (Å²) >= 11 is 0. The van der Waals surface area contributed by atoms with Crippen LogP contribution < -0.4 is 5.32 Å². The van der Waals surface area contributed by atoms with Crippen LogP contribution in [0, 0.1) is 11.8 Å². The number of alkyl halides is 3. The zero-order valence-electron chi connectivity index (χ0n) is 13.2. The number of hydrogen-bond donors (Lipinski definition) is 2. The van der Waals surface area contributed by atoms with Crippen molar-refractivity contribution >= 4 is 12.0 Å². The van der Waals surface area contributed by atoms with Crippen LogP contribution in [-0.2, 0) is 14.3 Å². The van der Waals surface area contributed by atoms with E-state index in [1.54, 1.807) is 6.92 Å². The highest BCUT2D eigenvalue weighted by atomic mass is 19.4. The third-order valence-electron chi connectivity index (χ3n) is 4.18. The molecule has 0 spiro atoms.